The van der Waals surface area contributed by atoms with Gasteiger partial charge in [-0.1, -0.05) is 120 Å². The van der Waals surface area contributed by atoms with Crippen LogP contribution in [0.2, 0.25) is 0 Å². The van der Waals surface area contributed by atoms with Crippen molar-refractivity contribution < 1.29 is 42.9 Å². The van der Waals surface area contributed by atoms with E-state index >= 15 is 0 Å². The molecule has 15 nitrogen and oxygen atoms in total. The van der Waals surface area contributed by atoms with Crippen LogP contribution in [0.15, 0.2) is 94.3 Å². The zero-order chi connectivity index (χ0) is 47.4. The molecule has 6 atom stereocenters. The van der Waals surface area contributed by atoms with Gasteiger partial charge in [0.15, 0.2) is 0 Å². The molecule has 0 spiro atoms. The highest BCUT2D eigenvalue weighted by Crippen LogP contribution is 2.44. The summed E-state index contributed by atoms with van der Waals surface area (Å²) in [5, 5.41) is 17.1. The van der Waals surface area contributed by atoms with Crippen molar-refractivity contribution in [2.45, 2.75) is 122 Å². The number of benzene rings is 3. The highest BCUT2D eigenvalue weighted by molar-refractivity contribution is 5.94. The summed E-state index contributed by atoms with van der Waals surface area (Å²) >= 11 is 0. The summed E-state index contributed by atoms with van der Waals surface area (Å²) in [6.45, 7) is 9.37. The van der Waals surface area contributed by atoms with E-state index in [1.165, 1.54) is 21.5 Å². The van der Waals surface area contributed by atoms with Crippen LogP contribution in [0.25, 0.3) is 33.6 Å². The second-order valence-electron chi connectivity index (χ2n) is 18.6. The summed E-state index contributed by atoms with van der Waals surface area (Å²) in [4.78, 5) is 73.6. The molecule has 3 N–H and O–H groups in total. The minimum atomic E-state index is -1.08. The number of aromatic nitrogens is 2. The molecule has 3 amide bonds. The fourth-order valence-corrected chi connectivity index (χ4v) is 9.49. The third-order valence-electron chi connectivity index (χ3n) is 13.3. The maximum absolute atomic E-state index is 14.1. The lowest BCUT2D eigenvalue weighted by atomic mass is 9.98. The van der Waals surface area contributed by atoms with Crippen molar-refractivity contribution in [3.8, 4) is 22.5 Å². The Morgan fingerprint density at radius 2 is 1.55 bits per heavy atom. The van der Waals surface area contributed by atoms with Gasteiger partial charge in [-0.3, -0.25) is 14.2 Å². The number of alkyl carbamates (subject to hydrolysis) is 1. The van der Waals surface area contributed by atoms with Crippen LogP contribution in [0.5, 0.6) is 0 Å². The van der Waals surface area contributed by atoms with E-state index in [2.05, 4.69) is 46.8 Å². The van der Waals surface area contributed by atoms with Gasteiger partial charge in [0.1, 0.15) is 49.4 Å². The lowest BCUT2D eigenvalue weighted by Gasteiger charge is -2.31. The van der Waals surface area contributed by atoms with Gasteiger partial charge in [0.2, 0.25) is 17.5 Å². The Bertz CT molecular complexity index is 2590. The highest BCUT2D eigenvalue weighted by Gasteiger charge is 2.42. The molecule has 0 bridgehead atoms. The van der Waals surface area contributed by atoms with Crippen molar-refractivity contribution in [2.75, 3.05) is 19.8 Å². The lowest BCUT2D eigenvalue weighted by Crippen LogP contribution is -2.57. The minimum absolute atomic E-state index is 0.0446. The zero-order valence-electron chi connectivity index (χ0n) is 38.8. The molecule has 2 aromatic heterocycles. The molecule has 67 heavy (non-hydrogen) atoms. The van der Waals surface area contributed by atoms with Crippen LogP contribution in [0.3, 0.4) is 0 Å². The number of esters is 1. The van der Waals surface area contributed by atoms with Crippen molar-refractivity contribution in [1.82, 2.24) is 25.1 Å². The summed E-state index contributed by atoms with van der Waals surface area (Å²) in [6, 6.07) is 23.1. The second-order valence-corrected chi connectivity index (χ2v) is 18.6. The fourth-order valence-electron chi connectivity index (χ4n) is 9.49. The van der Waals surface area contributed by atoms with Crippen LogP contribution in [0, 0.1) is 11.8 Å². The van der Waals surface area contributed by atoms with Crippen LogP contribution < -0.4 is 16.3 Å². The van der Waals surface area contributed by atoms with Crippen LogP contribution in [0.4, 0.5) is 4.79 Å². The van der Waals surface area contributed by atoms with Crippen molar-refractivity contribution in [3.05, 3.63) is 112 Å². The number of furan rings is 1. The Hall–Kier alpha value is -6.32. The second kappa shape index (κ2) is 20.7. The van der Waals surface area contributed by atoms with Gasteiger partial charge in [0, 0.05) is 30.6 Å². The number of nitrogens with zero attached hydrogens (tertiary/aromatic N) is 3. The SMILES string of the molecule is CCCCCc1ccc(-c2cc3cn([C@H]4C[C@H](O)[C@@H](COC(=O)[C@@H](NC(=O)[C@@H]5CCCN5C(=O)[C@@H](NC(=O)OCC5c6ccccc6-c6ccccc65)C(C)C)C(C)C)O4)c(=O)nc3o2)cc1. The first-order valence-electron chi connectivity index (χ1n) is 23.7. The number of amides is 3. The Balaban J connectivity index is 0.847. The van der Waals surface area contributed by atoms with E-state index in [4.69, 9.17) is 18.6 Å². The first-order chi connectivity index (χ1) is 32.3. The Kier molecular flexibility index (Phi) is 14.6. The van der Waals surface area contributed by atoms with Gasteiger partial charge < -0.3 is 39.3 Å². The summed E-state index contributed by atoms with van der Waals surface area (Å²) in [5.74, 6) is -1.99. The quantitative estimate of drug-likeness (QED) is 0.0628. The van der Waals surface area contributed by atoms with E-state index in [0.29, 0.717) is 30.5 Å². The van der Waals surface area contributed by atoms with Crippen molar-refractivity contribution in [3.63, 3.8) is 0 Å². The van der Waals surface area contributed by atoms with Gasteiger partial charge >= 0.3 is 17.8 Å². The summed E-state index contributed by atoms with van der Waals surface area (Å²) in [7, 11) is 0. The summed E-state index contributed by atoms with van der Waals surface area (Å²) < 4.78 is 24.7. The number of aryl methyl sites for hydroxylation is 1. The standard InChI is InChI=1S/C52H61N5O10/c1-6-7-8-14-32-20-22-33(23-21-32)42-25-34-27-57(51(62)55-48(34)67-42)44-26-41(58)43(66-44)29-64-50(61)46(31(4)5)53-47(59)40-19-13-24-56(40)49(60)45(30(2)3)54-52(63)65-28-39-37-17-11-9-15-35(37)36-16-10-12-18-38(36)39/h9-12,15-18,20-23,25,27,30-31,39-41,43-46,58H,6-8,13-14,19,24,26,28-29H2,1-5H3,(H,53,59)(H,54,63)/t40-,41-,43+,44+,45-,46-/m0/s1. The van der Waals surface area contributed by atoms with Gasteiger partial charge in [0.25, 0.3) is 0 Å². The van der Waals surface area contributed by atoms with Gasteiger partial charge in [0.05, 0.1) is 11.5 Å². The smallest absolute Gasteiger partial charge is 0.407 e. The summed E-state index contributed by atoms with van der Waals surface area (Å²) in [5.41, 5.74) is 6.01. The monoisotopic (exact) mass is 915 g/mol. The third-order valence-corrected chi connectivity index (χ3v) is 13.3. The average Bonchev–Trinajstić information content (AvgIpc) is 4.12. The van der Waals surface area contributed by atoms with Crippen molar-refractivity contribution in [1.29, 1.82) is 0 Å². The van der Waals surface area contributed by atoms with Gasteiger partial charge in [-0.25, -0.2) is 14.4 Å². The fraction of sp³-hybridized carbons (Fsp3) is 0.462. The first kappa shape index (κ1) is 47.2. The van der Waals surface area contributed by atoms with Crippen LogP contribution in [-0.4, -0.2) is 93.5 Å². The van der Waals surface area contributed by atoms with Gasteiger partial charge in [-0.2, -0.15) is 4.98 Å². The van der Waals surface area contributed by atoms with E-state index in [9.17, 15) is 29.1 Å². The predicted molar refractivity (Wildman–Crippen MR) is 251 cm³/mol. The molecule has 15 heteroatoms. The zero-order valence-corrected chi connectivity index (χ0v) is 38.8. The first-order valence-corrected chi connectivity index (χ1v) is 23.7. The molecule has 0 radical (unpaired) electrons. The number of hydrogen-bond donors (Lipinski definition) is 3. The van der Waals surface area contributed by atoms with Crippen molar-refractivity contribution >= 4 is 35.0 Å². The molecule has 3 aliphatic rings. The number of unbranched alkanes of at least 4 members (excludes halogenated alkanes) is 2. The number of rotatable bonds is 17. The Morgan fingerprint density at radius 1 is 0.866 bits per heavy atom. The number of aliphatic hydroxyl groups excluding tert-OH is 1. The number of aliphatic hydroxyl groups is 1. The molecule has 8 rings (SSSR count). The topological polar surface area (TPSA) is 192 Å². The van der Waals surface area contributed by atoms with Gasteiger partial charge in [-0.15, -0.1) is 0 Å². The molecule has 1 aliphatic carbocycles. The summed E-state index contributed by atoms with van der Waals surface area (Å²) in [6.07, 6.45) is 3.38. The number of carbonyl (C=O) groups excluding carboxylic acids is 4. The Morgan fingerprint density at radius 3 is 2.22 bits per heavy atom. The lowest BCUT2D eigenvalue weighted by molar-refractivity contribution is -0.155. The van der Waals surface area contributed by atoms with Gasteiger partial charge in [-0.05, 0) is 71.4 Å². The van der Waals surface area contributed by atoms with Crippen molar-refractivity contribution in [2.24, 2.45) is 11.8 Å². The van der Waals surface area contributed by atoms with Crippen LogP contribution >= 0.6 is 0 Å². The normalized spacial score (nSPS) is 19.9. The molecular formula is C52H61N5O10. The molecule has 3 aromatic carbocycles. The van der Waals surface area contributed by atoms with E-state index in [1.807, 2.05) is 68.4 Å². The molecule has 2 saturated heterocycles. The third kappa shape index (κ3) is 10.3. The van der Waals surface area contributed by atoms with E-state index in [1.54, 1.807) is 20.0 Å². The van der Waals surface area contributed by atoms with Crippen LogP contribution in [-0.2, 0) is 35.0 Å². The van der Waals surface area contributed by atoms with E-state index in [0.717, 1.165) is 47.1 Å². The molecule has 4 heterocycles. The minimum Gasteiger partial charge on any atom is -0.461 e. The Labute approximate surface area is 390 Å². The molecule has 0 saturated carbocycles. The van der Waals surface area contributed by atoms with Crippen LogP contribution in [0.1, 0.15) is 102 Å². The predicted octanol–water partition coefficient (Wildman–Crippen LogP) is 7.28. The molecule has 2 aliphatic heterocycles. The number of hydrogen-bond acceptors (Lipinski definition) is 11. The molecule has 5 aromatic rings. The number of fused-ring (bicyclic) bond motifs is 4. The maximum atomic E-state index is 14.1. The number of nitrogens with one attached hydrogen (secondary N) is 2. The molecule has 354 valence electrons. The molecule has 0 unspecified atom stereocenters. The molecule has 2 fully saturated rings. The number of ether oxygens (including phenoxy) is 3. The van der Waals surface area contributed by atoms with E-state index in [-0.39, 0.29) is 37.2 Å². The highest BCUT2D eigenvalue weighted by atomic mass is 16.6. The largest absolute Gasteiger partial charge is 0.461 e. The van der Waals surface area contributed by atoms with E-state index < -0.39 is 72.0 Å². The maximum Gasteiger partial charge on any atom is 0.407 e. The molecular weight excluding hydrogens is 855 g/mol. The number of carbonyl (C=O) groups is 4. The number of likely N-dealkylation sites (tertiary alicyclic amines) is 1. The average molecular weight is 916 g/mol.